The number of carbonyl (C=O) groups excluding carboxylic acids is 2. The van der Waals surface area contributed by atoms with Crippen molar-refractivity contribution in [2.45, 2.75) is 19.8 Å². The summed E-state index contributed by atoms with van der Waals surface area (Å²) in [5.74, 6) is -0.446. The second-order valence-corrected chi connectivity index (χ2v) is 4.64. The molecule has 0 radical (unpaired) electrons. The number of esters is 2. The molecule has 0 aliphatic rings. The Morgan fingerprint density at radius 3 is 2.62 bits per heavy atom. The molecule has 114 valence electrons. The Labute approximate surface area is 128 Å². The van der Waals surface area contributed by atoms with Crippen molar-refractivity contribution in [3.8, 4) is 5.75 Å². The van der Waals surface area contributed by atoms with E-state index in [0.29, 0.717) is 29.3 Å². The van der Waals surface area contributed by atoms with Gasteiger partial charge < -0.3 is 14.2 Å². The highest BCUT2D eigenvalue weighted by molar-refractivity contribution is 7.80. The molecule has 0 aliphatic carbocycles. The highest BCUT2D eigenvalue weighted by Gasteiger charge is 2.15. The molecule has 1 aromatic rings. The lowest BCUT2D eigenvalue weighted by Gasteiger charge is -2.09. The zero-order chi connectivity index (χ0) is 15.8. The van der Waals surface area contributed by atoms with Gasteiger partial charge in [0.25, 0.3) is 0 Å². The lowest BCUT2D eigenvalue weighted by atomic mass is 10.1. The molecule has 1 rings (SSSR count). The molecular formula is C14H17NO5S. The smallest absolute Gasteiger partial charge is 0.339 e. The molecule has 0 atom stereocenters. The molecule has 0 aromatic carbocycles. The van der Waals surface area contributed by atoms with Crippen molar-refractivity contribution in [1.82, 2.24) is 4.98 Å². The average Bonchev–Trinajstić information content (AvgIpc) is 2.46. The largest absolute Gasteiger partial charge is 0.495 e. The van der Waals surface area contributed by atoms with Gasteiger partial charge in [-0.25, -0.2) is 4.79 Å². The van der Waals surface area contributed by atoms with Crippen molar-refractivity contribution in [3.63, 3.8) is 0 Å². The summed E-state index contributed by atoms with van der Waals surface area (Å²) >= 11 is 5.15. The summed E-state index contributed by atoms with van der Waals surface area (Å²) in [6.07, 6.45) is 1.72. The minimum Gasteiger partial charge on any atom is -0.495 e. The van der Waals surface area contributed by atoms with Crippen molar-refractivity contribution in [1.29, 1.82) is 0 Å². The van der Waals surface area contributed by atoms with Crippen LogP contribution in [0.5, 0.6) is 5.75 Å². The van der Waals surface area contributed by atoms with E-state index in [9.17, 15) is 9.59 Å². The Morgan fingerprint density at radius 1 is 1.33 bits per heavy atom. The van der Waals surface area contributed by atoms with E-state index in [-0.39, 0.29) is 18.0 Å². The molecule has 1 heterocycles. The number of nitrogens with zero attached hydrogens (tertiary/aromatic N) is 1. The fourth-order valence-corrected chi connectivity index (χ4v) is 1.89. The lowest BCUT2D eigenvalue weighted by molar-refractivity contribution is -0.141. The molecule has 0 amide bonds. The van der Waals surface area contributed by atoms with Crippen molar-refractivity contribution < 1.29 is 23.8 Å². The number of thiocarbonyl (C=S) groups is 1. The maximum absolute atomic E-state index is 11.4. The fraction of sp³-hybridized carbons (Fsp3) is 0.429. The van der Waals surface area contributed by atoms with E-state index in [1.54, 1.807) is 6.92 Å². The van der Waals surface area contributed by atoms with Crippen LogP contribution in [0.1, 0.15) is 29.4 Å². The van der Waals surface area contributed by atoms with E-state index in [4.69, 9.17) is 21.7 Å². The van der Waals surface area contributed by atoms with Gasteiger partial charge in [-0.15, -0.1) is 0 Å². The standard InChI is InChI=1S/C14H17NO5S/c1-4-20-13(16)7-10(21)6-11-12(18-2)5-9(8-15-11)14(17)19-3/h5,8H,4,6-7H2,1-3H3. The molecule has 0 saturated heterocycles. The van der Waals surface area contributed by atoms with Crippen molar-refractivity contribution in [3.05, 3.63) is 23.5 Å². The number of aromatic nitrogens is 1. The Balaban J connectivity index is 2.81. The number of ether oxygens (including phenoxy) is 3. The van der Waals surface area contributed by atoms with Crippen LogP contribution in [-0.2, 0) is 20.7 Å². The molecule has 0 N–H and O–H groups in total. The first-order chi connectivity index (χ1) is 10.0. The lowest BCUT2D eigenvalue weighted by Crippen LogP contribution is -2.13. The van der Waals surface area contributed by atoms with Gasteiger partial charge in [0, 0.05) is 17.5 Å². The topological polar surface area (TPSA) is 74.7 Å². The second kappa shape index (κ2) is 8.31. The van der Waals surface area contributed by atoms with Crippen LogP contribution in [0.4, 0.5) is 0 Å². The van der Waals surface area contributed by atoms with Crippen LogP contribution >= 0.6 is 12.2 Å². The van der Waals surface area contributed by atoms with Gasteiger partial charge in [-0.05, 0) is 13.0 Å². The van der Waals surface area contributed by atoms with Gasteiger partial charge >= 0.3 is 11.9 Å². The van der Waals surface area contributed by atoms with Gasteiger partial charge in [-0.2, -0.15) is 0 Å². The number of hydrogen-bond donors (Lipinski definition) is 0. The molecule has 0 saturated carbocycles. The van der Waals surface area contributed by atoms with Gasteiger partial charge in [0.1, 0.15) is 5.75 Å². The summed E-state index contributed by atoms with van der Waals surface area (Å²) in [6, 6.07) is 1.53. The summed E-state index contributed by atoms with van der Waals surface area (Å²) < 4.78 is 14.6. The van der Waals surface area contributed by atoms with E-state index in [1.807, 2.05) is 0 Å². The molecule has 0 bridgehead atoms. The highest BCUT2D eigenvalue weighted by Crippen LogP contribution is 2.19. The number of carbonyl (C=O) groups is 2. The van der Waals surface area contributed by atoms with Crippen molar-refractivity contribution >= 4 is 29.0 Å². The third-order valence-corrected chi connectivity index (χ3v) is 2.87. The summed E-state index contributed by atoms with van der Waals surface area (Å²) in [5.41, 5.74) is 0.842. The average molecular weight is 311 g/mol. The van der Waals surface area contributed by atoms with Crippen molar-refractivity contribution in [2.75, 3.05) is 20.8 Å². The third kappa shape index (κ3) is 5.11. The molecule has 0 unspecified atom stereocenters. The van der Waals surface area contributed by atoms with Gasteiger partial charge in [-0.1, -0.05) is 12.2 Å². The predicted octanol–water partition coefficient (Wildman–Crippen LogP) is 1.74. The van der Waals surface area contributed by atoms with Crippen LogP contribution in [0.2, 0.25) is 0 Å². The van der Waals surface area contributed by atoms with E-state index in [1.165, 1.54) is 26.5 Å². The molecular weight excluding hydrogens is 294 g/mol. The molecule has 21 heavy (non-hydrogen) atoms. The Bertz CT molecular complexity index is 544. The molecule has 6 nitrogen and oxygen atoms in total. The molecule has 0 aliphatic heterocycles. The summed E-state index contributed by atoms with van der Waals surface area (Å²) in [7, 11) is 2.76. The molecule has 1 aromatic heterocycles. The maximum atomic E-state index is 11.4. The monoisotopic (exact) mass is 311 g/mol. The molecule has 0 fully saturated rings. The van der Waals surface area contributed by atoms with Gasteiger partial charge in [0.15, 0.2) is 0 Å². The minimum atomic E-state index is -0.499. The Hall–Kier alpha value is -2.02. The first-order valence-corrected chi connectivity index (χ1v) is 6.71. The van der Waals surface area contributed by atoms with E-state index in [2.05, 4.69) is 9.72 Å². The third-order valence-electron chi connectivity index (χ3n) is 2.58. The van der Waals surface area contributed by atoms with Crippen LogP contribution in [0, 0.1) is 0 Å². The maximum Gasteiger partial charge on any atom is 0.339 e. The van der Waals surface area contributed by atoms with Crippen LogP contribution in [0.15, 0.2) is 12.3 Å². The predicted molar refractivity (Wildman–Crippen MR) is 79.7 cm³/mol. The van der Waals surface area contributed by atoms with Crippen molar-refractivity contribution in [2.24, 2.45) is 0 Å². The van der Waals surface area contributed by atoms with Crippen LogP contribution in [0.25, 0.3) is 0 Å². The first kappa shape index (κ1) is 17.0. The van der Waals surface area contributed by atoms with Gasteiger partial charge in [0.2, 0.25) is 0 Å². The normalized spacial score (nSPS) is 9.86. The summed E-state index contributed by atoms with van der Waals surface area (Å²) in [5, 5.41) is 0. The first-order valence-electron chi connectivity index (χ1n) is 6.30. The molecule has 7 heteroatoms. The number of rotatable bonds is 7. The Morgan fingerprint density at radius 2 is 2.05 bits per heavy atom. The van der Waals surface area contributed by atoms with Crippen LogP contribution < -0.4 is 4.74 Å². The van der Waals surface area contributed by atoms with Crippen LogP contribution in [0.3, 0.4) is 0 Å². The number of hydrogen-bond acceptors (Lipinski definition) is 7. The molecule has 0 spiro atoms. The van der Waals surface area contributed by atoms with Gasteiger partial charge in [-0.3, -0.25) is 9.78 Å². The van der Waals surface area contributed by atoms with Crippen LogP contribution in [-0.4, -0.2) is 42.6 Å². The van der Waals surface area contributed by atoms with E-state index >= 15 is 0 Å². The highest BCUT2D eigenvalue weighted by atomic mass is 32.1. The zero-order valence-electron chi connectivity index (χ0n) is 12.2. The Kier molecular flexibility index (Phi) is 6.74. The number of methoxy groups -OCH3 is 2. The SMILES string of the molecule is CCOC(=O)CC(=S)Cc1ncc(C(=O)OC)cc1OC. The second-order valence-electron chi connectivity index (χ2n) is 4.06. The summed E-state index contributed by atoms with van der Waals surface area (Å²) in [4.78, 5) is 27.4. The summed E-state index contributed by atoms with van der Waals surface area (Å²) in [6.45, 7) is 2.05. The fourth-order valence-electron chi connectivity index (χ4n) is 1.63. The van der Waals surface area contributed by atoms with Gasteiger partial charge in [0.05, 0.1) is 38.5 Å². The van der Waals surface area contributed by atoms with E-state index in [0.717, 1.165) is 0 Å². The quantitative estimate of drug-likeness (QED) is 0.561. The minimum absolute atomic E-state index is 0.0484. The number of pyridine rings is 1. The zero-order valence-corrected chi connectivity index (χ0v) is 13.0. The van der Waals surface area contributed by atoms with E-state index < -0.39 is 5.97 Å².